The largest absolute Gasteiger partial charge is 0.393 e. The predicted octanol–water partition coefficient (Wildman–Crippen LogP) is 3.45. The van der Waals surface area contributed by atoms with Gasteiger partial charge in [-0.25, -0.2) is 0 Å². The molecule has 0 spiro atoms. The van der Waals surface area contributed by atoms with Crippen LogP contribution in [-0.4, -0.2) is 30.2 Å². The first-order valence-corrected chi connectivity index (χ1v) is 9.47. The normalized spacial score (nSPS) is 17.8. The molecule has 2 N–H and O–H groups in total. The summed E-state index contributed by atoms with van der Waals surface area (Å²) in [5.74, 6) is -0.0149. The van der Waals surface area contributed by atoms with Gasteiger partial charge in [0, 0.05) is 18.0 Å². The summed E-state index contributed by atoms with van der Waals surface area (Å²) in [6.07, 6.45) is 4.79. The van der Waals surface area contributed by atoms with Crippen molar-refractivity contribution in [2.24, 2.45) is 0 Å². The van der Waals surface area contributed by atoms with Crippen molar-refractivity contribution in [3.05, 3.63) is 45.6 Å². The molecule has 0 atom stereocenters. The van der Waals surface area contributed by atoms with E-state index < -0.39 is 0 Å². The number of hydrogen-bond donors (Lipinski definition) is 2. The first kappa shape index (κ1) is 15.7. The number of carbonyl (C=O) groups is 1. The number of aliphatic hydroxyl groups excluding tert-OH is 1. The average Bonchev–Trinajstić information content (AvgIpc) is 3.18. The third kappa shape index (κ3) is 3.06. The zero-order valence-corrected chi connectivity index (χ0v) is 14.4. The number of aliphatic hydroxyl groups is 1. The molecular weight excluding hydrogens is 320 g/mol. The van der Waals surface area contributed by atoms with Crippen molar-refractivity contribution < 1.29 is 9.90 Å². The molecule has 1 aromatic heterocycles. The van der Waals surface area contributed by atoms with Crippen LogP contribution in [0.4, 0.5) is 11.4 Å². The van der Waals surface area contributed by atoms with Gasteiger partial charge in [0.05, 0.1) is 22.4 Å². The average molecular weight is 342 g/mol. The third-order valence-electron chi connectivity index (χ3n) is 4.93. The number of para-hydroxylation sites is 2. The Labute approximate surface area is 146 Å². The van der Waals surface area contributed by atoms with Crippen molar-refractivity contribution in [1.29, 1.82) is 0 Å². The second-order valence-electron chi connectivity index (χ2n) is 6.60. The van der Waals surface area contributed by atoms with Gasteiger partial charge >= 0.3 is 0 Å². The Hall–Kier alpha value is -1.85. The van der Waals surface area contributed by atoms with Crippen LogP contribution in [-0.2, 0) is 12.8 Å². The molecule has 1 aliphatic heterocycles. The van der Waals surface area contributed by atoms with Gasteiger partial charge in [0.2, 0.25) is 0 Å². The maximum Gasteiger partial charge on any atom is 0.265 e. The number of benzene rings is 1. The van der Waals surface area contributed by atoms with Gasteiger partial charge in [-0.2, -0.15) is 0 Å². The van der Waals surface area contributed by atoms with E-state index >= 15 is 0 Å². The van der Waals surface area contributed by atoms with Gasteiger partial charge in [-0.1, -0.05) is 12.1 Å². The number of hydrogen-bond acceptors (Lipinski definition) is 4. The molecule has 0 bridgehead atoms. The molecule has 2 aliphatic rings. The molecule has 0 unspecified atom stereocenters. The van der Waals surface area contributed by atoms with Crippen LogP contribution in [0.5, 0.6) is 0 Å². The fraction of sp³-hybridized carbons (Fsp3) is 0.421. The molecule has 2 aromatic rings. The van der Waals surface area contributed by atoms with E-state index in [4.69, 9.17) is 0 Å². The Bertz CT molecular complexity index is 726. The van der Waals surface area contributed by atoms with Crippen LogP contribution in [0.15, 0.2) is 30.3 Å². The number of aryl methyl sites for hydroxylation is 2. The van der Waals surface area contributed by atoms with Gasteiger partial charge in [0.25, 0.3) is 5.91 Å². The lowest BCUT2D eigenvalue weighted by Crippen LogP contribution is -2.36. The molecule has 1 fully saturated rings. The highest BCUT2D eigenvalue weighted by molar-refractivity contribution is 7.14. The molecule has 126 valence electrons. The summed E-state index contributed by atoms with van der Waals surface area (Å²) in [7, 11) is 0. The number of fused-ring (bicyclic) bond motifs is 1. The summed E-state index contributed by atoms with van der Waals surface area (Å²) in [5, 5.41) is 12.8. The van der Waals surface area contributed by atoms with E-state index in [1.54, 1.807) is 11.3 Å². The number of nitrogens with one attached hydrogen (secondary N) is 1. The molecule has 0 radical (unpaired) electrons. The van der Waals surface area contributed by atoms with Crippen molar-refractivity contribution in [3.63, 3.8) is 0 Å². The fourth-order valence-electron chi connectivity index (χ4n) is 3.59. The summed E-state index contributed by atoms with van der Waals surface area (Å²) < 4.78 is 0. The first-order chi connectivity index (χ1) is 11.7. The molecule has 0 saturated carbocycles. The standard InChI is InChI=1S/C19H22N2O2S/c22-14-8-10-21(11-9-14)16-6-2-1-5-15(16)20-19(23)18-12-13-4-3-7-17(13)24-18/h1-2,5-6,12,14,22H,3-4,7-11H2,(H,20,23). The van der Waals surface area contributed by atoms with Gasteiger partial charge in [-0.3, -0.25) is 4.79 Å². The first-order valence-electron chi connectivity index (χ1n) is 8.65. The van der Waals surface area contributed by atoms with Gasteiger partial charge in [-0.15, -0.1) is 11.3 Å². The summed E-state index contributed by atoms with van der Waals surface area (Å²) in [4.78, 5) is 17.1. The van der Waals surface area contributed by atoms with Crippen molar-refractivity contribution in [1.82, 2.24) is 0 Å². The number of rotatable bonds is 3. The molecule has 2 heterocycles. The second-order valence-corrected chi connectivity index (χ2v) is 7.74. The lowest BCUT2D eigenvalue weighted by atomic mass is 10.1. The maximum atomic E-state index is 12.6. The van der Waals surface area contributed by atoms with Gasteiger partial charge in [0.15, 0.2) is 0 Å². The van der Waals surface area contributed by atoms with E-state index in [0.717, 1.165) is 55.0 Å². The van der Waals surface area contributed by atoms with E-state index in [0.29, 0.717) is 0 Å². The topological polar surface area (TPSA) is 52.6 Å². The van der Waals surface area contributed by atoms with Crippen LogP contribution in [0.2, 0.25) is 0 Å². The molecule has 24 heavy (non-hydrogen) atoms. The highest BCUT2D eigenvalue weighted by atomic mass is 32.1. The quantitative estimate of drug-likeness (QED) is 0.898. The van der Waals surface area contributed by atoms with Crippen LogP contribution in [0.1, 0.15) is 39.4 Å². The summed E-state index contributed by atoms with van der Waals surface area (Å²) in [6.45, 7) is 1.64. The van der Waals surface area contributed by atoms with Crippen LogP contribution in [0.3, 0.4) is 0 Å². The number of carbonyl (C=O) groups excluding carboxylic acids is 1. The van der Waals surface area contributed by atoms with E-state index in [1.165, 1.54) is 16.9 Å². The Morgan fingerprint density at radius 2 is 2.00 bits per heavy atom. The number of anilines is 2. The van der Waals surface area contributed by atoms with E-state index in [2.05, 4.69) is 16.3 Å². The smallest absolute Gasteiger partial charge is 0.265 e. The van der Waals surface area contributed by atoms with E-state index in [-0.39, 0.29) is 12.0 Å². The molecular formula is C19H22N2O2S. The Kier molecular flexibility index (Phi) is 4.29. The number of nitrogens with zero attached hydrogens (tertiary/aromatic N) is 1. The van der Waals surface area contributed by atoms with Crippen molar-refractivity contribution in [3.8, 4) is 0 Å². The van der Waals surface area contributed by atoms with Gasteiger partial charge in [0.1, 0.15) is 0 Å². The molecule has 1 aliphatic carbocycles. The van der Waals surface area contributed by atoms with Crippen LogP contribution < -0.4 is 10.2 Å². The fourth-order valence-corrected chi connectivity index (χ4v) is 4.74. The van der Waals surface area contributed by atoms with E-state index in [1.807, 2.05) is 24.3 Å². The molecule has 4 rings (SSSR count). The van der Waals surface area contributed by atoms with Crippen molar-refractivity contribution in [2.75, 3.05) is 23.3 Å². The number of amides is 1. The third-order valence-corrected chi connectivity index (χ3v) is 6.16. The van der Waals surface area contributed by atoms with E-state index in [9.17, 15) is 9.90 Å². The molecule has 5 heteroatoms. The summed E-state index contributed by atoms with van der Waals surface area (Å²) in [6, 6.07) is 10.0. The molecule has 4 nitrogen and oxygen atoms in total. The van der Waals surface area contributed by atoms with Crippen LogP contribution >= 0.6 is 11.3 Å². The van der Waals surface area contributed by atoms with Crippen molar-refractivity contribution in [2.45, 2.75) is 38.2 Å². The summed E-state index contributed by atoms with van der Waals surface area (Å²) >= 11 is 1.63. The minimum absolute atomic E-state index is 0.0149. The Balaban J connectivity index is 1.52. The van der Waals surface area contributed by atoms with Gasteiger partial charge in [-0.05, 0) is 55.9 Å². The predicted molar refractivity (Wildman–Crippen MR) is 98.2 cm³/mol. The lowest BCUT2D eigenvalue weighted by Gasteiger charge is -2.32. The lowest BCUT2D eigenvalue weighted by molar-refractivity contribution is 0.103. The minimum atomic E-state index is -0.198. The number of piperidine rings is 1. The van der Waals surface area contributed by atoms with Gasteiger partial charge < -0.3 is 15.3 Å². The Morgan fingerprint density at radius 1 is 1.21 bits per heavy atom. The van der Waals surface area contributed by atoms with Crippen LogP contribution in [0, 0.1) is 0 Å². The van der Waals surface area contributed by atoms with Crippen molar-refractivity contribution >= 4 is 28.6 Å². The minimum Gasteiger partial charge on any atom is -0.393 e. The zero-order chi connectivity index (χ0) is 16.5. The second kappa shape index (κ2) is 6.57. The molecule has 1 aromatic carbocycles. The zero-order valence-electron chi connectivity index (χ0n) is 13.6. The highest BCUT2D eigenvalue weighted by Gasteiger charge is 2.22. The maximum absolute atomic E-state index is 12.6. The highest BCUT2D eigenvalue weighted by Crippen LogP contribution is 2.32. The summed E-state index contributed by atoms with van der Waals surface area (Å²) in [5.41, 5.74) is 3.25. The monoisotopic (exact) mass is 342 g/mol. The molecule has 1 saturated heterocycles. The molecule has 1 amide bonds. The SMILES string of the molecule is O=C(Nc1ccccc1N1CCC(O)CC1)c1cc2c(s1)CCC2. The Morgan fingerprint density at radius 3 is 2.79 bits per heavy atom. The number of thiophene rings is 1. The van der Waals surface area contributed by atoms with Crippen LogP contribution in [0.25, 0.3) is 0 Å².